The van der Waals surface area contributed by atoms with Crippen molar-refractivity contribution in [2.75, 3.05) is 0 Å². The molecule has 0 aromatic heterocycles. The highest BCUT2D eigenvalue weighted by Crippen LogP contribution is 2.21. The molecule has 26 heavy (non-hydrogen) atoms. The van der Waals surface area contributed by atoms with Gasteiger partial charge in [0.15, 0.2) is 0 Å². The van der Waals surface area contributed by atoms with Crippen LogP contribution in [0.3, 0.4) is 0 Å². The number of nitrogens with two attached hydrogens (primary N) is 1. The summed E-state index contributed by atoms with van der Waals surface area (Å²) < 4.78 is 10.4. The normalized spacial score (nSPS) is 9.42. The number of amides is 1. The monoisotopic (exact) mass is 549 g/mol. The summed E-state index contributed by atoms with van der Waals surface area (Å²) in [5, 5.41) is 26.6. The van der Waals surface area contributed by atoms with Crippen LogP contribution in [0, 0.1) is 0 Å². The lowest BCUT2D eigenvalue weighted by atomic mass is 10.2. The molecule has 0 atom stereocenters. The Kier molecular flexibility index (Phi) is 11.5. The van der Waals surface area contributed by atoms with Crippen molar-refractivity contribution in [1.82, 2.24) is 0 Å². The highest BCUT2D eigenvalue weighted by atomic mass is 79.9. The van der Waals surface area contributed by atoms with E-state index in [2.05, 4.69) is 53.2 Å². The van der Waals surface area contributed by atoms with Crippen LogP contribution in [0.15, 0.2) is 45.3 Å². The topological polar surface area (TPSA) is 138 Å². The fourth-order valence-electron chi connectivity index (χ4n) is 1.39. The Balaban J connectivity index is 0.000000401. The number of hydrogen-bond acceptors (Lipinski definition) is 5. The van der Waals surface area contributed by atoms with Gasteiger partial charge in [0.05, 0.1) is 5.56 Å². The second-order valence-corrected chi connectivity index (χ2v) is 8.53. The fourth-order valence-corrected chi connectivity index (χ4v) is 2.11. The second kappa shape index (κ2) is 12.1. The van der Waals surface area contributed by atoms with Gasteiger partial charge in [-0.1, -0.05) is 31.9 Å². The molecule has 1 amide bonds. The Bertz CT molecular complexity index is 757. The highest BCUT2D eigenvalue weighted by Gasteiger charge is 2.08. The van der Waals surface area contributed by atoms with Crippen molar-refractivity contribution < 1.29 is 29.1 Å². The molecule has 0 aliphatic carbocycles. The Morgan fingerprint density at radius 3 is 1.54 bits per heavy atom. The number of carboxylic acids is 1. The second-order valence-electron chi connectivity index (χ2n) is 4.18. The summed E-state index contributed by atoms with van der Waals surface area (Å²) in [7, 11) is 7.36. The van der Waals surface area contributed by atoms with Crippen LogP contribution in [-0.2, 0) is 9.23 Å². The van der Waals surface area contributed by atoms with Crippen molar-refractivity contribution in [2.45, 2.75) is 0 Å². The molecule has 0 spiro atoms. The standard InChI is InChI=1S/C7H6BrNO2.C7H5BrO3.Cl2OS/c8-4-1-2-6(10)5(3-4)7(9)11;8-4-1-2-6(9)5(3-4)7(10)11;1-4(2)3/h1-3,10H,(H2,9,11);1-3,9H,(H,10,11);. The zero-order valence-electron chi connectivity index (χ0n) is 12.5. The number of hydrogen-bond donors (Lipinski definition) is 4. The first-order chi connectivity index (χ1) is 12.0. The van der Waals surface area contributed by atoms with Crippen molar-refractivity contribution in [3.05, 3.63) is 56.5 Å². The largest absolute Gasteiger partial charge is 0.507 e. The van der Waals surface area contributed by atoms with Gasteiger partial charge in [0.2, 0.25) is 9.23 Å². The molecule has 0 radical (unpaired) electrons. The molecule has 12 heteroatoms. The molecule has 0 unspecified atom stereocenters. The minimum atomic E-state index is -1.67. The molecule has 2 aromatic carbocycles. The molecule has 0 heterocycles. The van der Waals surface area contributed by atoms with E-state index in [1.807, 2.05) is 0 Å². The van der Waals surface area contributed by atoms with Crippen LogP contribution in [-0.4, -0.2) is 31.4 Å². The van der Waals surface area contributed by atoms with Crippen LogP contribution < -0.4 is 5.73 Å². The van der Waals surface area contributed by atoms with Gasteiger partial charge >= 0.3 is 5.97 Å². The third-order valence-corrected chi connectivity index (χ3v) is 3.40. The quantitative estimate of drug-likeness (QED) is 0.414. The average molecular weight is 552 g/mol. The van der Waals surface area contributed by atoms with Crippen molar-refractivity contribution in [2.24, 2.45) is 5.73 Å². The molecule has 0 bridgehead atoms. The van der Waals surface area contributed by atoms with E-state index in [9.17, 15) is 9.59 Å². The fraction of sp³-hybridized carbons (Fsp3) is 0. The number of rotatable bonds is 2. The molecule has 2 aromatic rings. The van der Waals surface area contributed by atoms with Crippen molar-refractivity contribution in [3.63, 3.8) is 0 Å². The first-order valence-corrected chi connectivity index (χ1v) is 10.6. The number of primary amides is 1. The van der Waals surface area contributed by atoms with Gasteiger partial charge in [-0.05, 0) is 36.4 Å². The summed E-state index contributed by atoms with van der Waals surface area (Å²) in [6.45, 7) is 0. The van der Waals surface area contributed by atoms with E-state index >= 15 is 0 Å². The number of aromatic hydroxyl groups is 2. The Labute approximate surface area is 176 Å². The van der Waals surface area contributed by atoms with E-state index < -0.39 is 21.1 Å². The number of carboxylic acid groups (broad SMARTS) is 1. The zero-order chi connectivity index (χ0) is 20.4. The van der Waals surface area contributed by atoms with Crippen LogP contribution in [0.5, 0.6) is 11.5 Å². The summed E-state index contributed by atoms with van der Waals surface area (Å²) >= 11 is 6.24. The maximum atomic E-state index is 10.6. The molecular formula is C14H11Br2Cl2NO6S. The van der Waals surface area contributed by atoms with Crippen molar-refractivity contribution >= 4 is 74.3 Å². The third-order valence-electron chi connectivity index (χ3n) is 2.41. The third kappa shape index (κ3) is 9.97. The molecular weight excluding hydrogens is 541 g/mol. The molecule has 2 rings (SSSR count). The summed E-state index contributed by atoms with van der Waals surface area (Å²) in [5.74, 6) is -2.09. The molecule has 142 valence electrons. The van der Waals surface area contributed by atoms with Gasteiger partial charge < -0.3 is 21.1 Å². The van der Waals surface area contributed by atoms with Crippen molar-refractivity contribution in [1.29, 1.82) is 0 Å². The van der Waals surface area contributed by atoms with Gasteiger partial charge in [0, 0.05) is 30.3 Å². The van der Waals surface area contributed by atoms with Gasteiger partial charge in [-0.2, -0.15) is 0 Å². The number of benzene rings is 2. The van der Waals surface area contributed by atoms with Gasteiger partial charge in [0.1, 0.15) is 17.1 Å². The van der Waals surface area contributed by atoms with Gasteiger partial charge in [-0.3, -0.25) is 4.79 Å². The summed E-state index contributed by atoms with van der Waals surface area (Å²) in [6, 6.07) is 8.75. The minimum absolute atomic E-state index is 0.0966. The van der Waals surface area contributed by atoms with Crippen LogP contribution in [0.2, 0.25) is 0 Å². The Morgan fingerprint density at radius 1 is 0.923 bits per heavy atom. The number of carbonyl (C=O) groups excluding carboxylic acids is 1. The molecule has 0 saturated heterocycles. The lowest BCUT2D eigenvalue weighted by Gasteiger charge is -1.98. The number of halogens is 4. The van der Waals surface area contributed by atoms with E-state index in [1.165, 1.54) is 24.3 Å². The number of carbonyl (C=O) groups is 2. The molecule has 7 nitrogen and oxygen atoms in total. The van der Waals surface area contributed by atoms with Crippen LogP contribution >= 0.6 is 53.2 Å². The molecule has 0 saturated carbocycles. The first-order valence-electron chi connectivity index (χ1n) is 6.20. The maximum absolute atomic E-state index is 10.6. The lowest BCUT2D eigenvalue weighted by molar-refractivity contribution is 0.0693. The zero-order valence-corrected chi connectivity index (χ0v) is 18.0. The average Bonchev–Trinajstić information content (AvgIpc) is 2.51. The van der Waals surface area contributed by atoms with Crippen LogP contribution in [0.1, 0.15) is 20.7 Å². The van der Waals surface area contributed by atoms with Crippen LogP contribution in [0.4, 0.5) is 0 Å². The number of aromatic carboxylic acids is 1. The highest BCUT2D eigenvalue weighted by molar-refractivity contribution is 9.10. The smallest absolute Gasteiger partial charge is 0.339 e. The SMILES string of the molecule is NC(=O)c1cc(Br)ccc1O.O=C(O)c1cc(Br)ccc1O.O=S(Cl)Cl. The predicted octanol–water partition coefficient (Wildman–Crippen LogP) is 4.15. The molecule has 0 fully saturated rings. The first kappa shape index (κ1) is 24.7. The van der Waals surface area contributed by atoms with E-state index in [-0.39, 0.29) is 22.6 Å². The minimum Gasteiger partial charge on any atom is -0.507 e. The van der Waals surface area contributed by atoms with Crippen molar-refractivity contribution in [3.8, 4) is 11.5 Å². The van der Waals surface area contributed by atoms with E-state index in [1.54, 1.807) is 12.1 Å². The van der Waals surface area contributed by atoms with E-state index in [0.29, 0.717) is 8.95 Å². The summed E-state index contributed by atoms with van der Waals surface area (Å²) in [4.78, 5) is 21.0. The Morgan fingerprint density at radius 2 is 1.27 bits per heavy atom. The molecule has 5 N–H and O–H groups in total. The van der Waals surface area contributed by atoms with E-state index in [0.717, 1.165) is 0 Å². The summed E-state index contributed by atoms with van der Waals surface area (Å²) in [5.41, 5.74) is 4.99. The maximum Gasteiger partial charge on any atom is 0.339 e. The Hall–Kier alpha value is -1.33. The predicted molar refractivity (Wildman–Crippen MR) is 107 cm³/mol. The molecule has 0 aliphatic heterocycles. The van der Waals surface area contributed by atoms with Gasteiger partial charge in [-0.15, -0.1) is 0 Å². The molecule has 0 aliphatic rings. The lowest BCUT2D eigenvalue weighted by Crippen LogP contribution is -2.10. The van der Waals surface area contributed by atoms with Gasteiger partial charge in [0.25, 0.3) is 5.91 Å². The number of phenols is 2. The van der Waals surface area contributed by atoms with Gasteiger partial charge in [-0.25, -0.2) is 9.00 Å². The van der Waals surface area contributed by atoms with Crippen LogP contribution in [0.25, 0.3) is 0 Å². The summed E-state index contributed by atoms with van der Waals surface area (Å²) in [6.07, 6.45) is 0. The van der Waals surface area contributed by atoms with E-state index in [4.69, 9.17) is 25.3 Å².